The van der Waals surface area contributed by atoms with Crippen molar-refractivity contribution in [3.05, 3.63) is 34.4 Å². The van der Waals surface area contributed by atoms with Crippen LogP contribution in [0.4, 0.5) is 0 Å². The minimum Gasteiger partial charge on any atom is -0.310 e. The lowest BCUT2D eigenvalue weighted by atomic mass is 9.82. The van der Waals surface area contributed by atoms with E-state index in [1.807, 2.05) is 0 Å². The maximum Gasteiger partial charge on any atom is 0.0294 e. The predicted octanol–water partition coefficient (Wildman–Crippen LogP) is 4.94. The standard InChI is InChI=1S/C18H31N/c1-12-9-14(3)17(10-13(12)2)16(5)19-11-15(4)18(6,7)8/h9-10,15-16,19H,11H2,1-8H3. The van der Waals surface area contributed by atoms with E-state index in [0.717, 1.165) is 6.54 Å². The lowest BCUT2D eigenvalue weighted by molar-refractivity contribution is 0.247. The van der Waals surface area contributed by atoms with E-state index < -0.39 is 0 Å². The van der Waals surface area contributed by atoms with E-state index in [4.69, 9.17) is 0 Å². The maximum absolute atomic E-state index is 3.69. The number of aryl methyl sites for hydroxylation is 3. The molecule has 0 aromatic heterocycles. The summed E-state index contributed by atoms with van der Waals surface area (Å²) in [7, 11) is 0. The van der Waals surface area contributed by atoms with Crippen molar-refractivity contribution in [2.45, 2.75) is 61.4 Å². The molecule has 0 fully saturated rings. The molecule has 0 aliphatic carbocycles. The minimum atomic E-state index is 0.366. The van der Waals surface area contributed by atoms with Crippen LogP contribution in [0.5, 0.6) is 0 Å². The molecule has 0 aliphatic rings. The number of nitrogens with one attached hydrogen (secondary N) is 1. The quantitative estimate of drug-likeness (QED) is 0.809. The third-order valence-electron chi connectivity index (χ3n) is 4.56. The smallest absolute Gasteiger partial charge is 0.0294 e. The van der Waals surface area contributed by atoms with Crippen molar-refractivity contribution in [3.8, 4) is 0 Å². The van der Waals surface area contributed by atoms with Crippen molar-refractivity contribution in [2.24, 2.45) is 11.3 Å². The Morgan fingerprint density at radius 2 is 1.47 bits per heavy atom. The van der Waals surface area contributed by atoms with E-state index in [0.29, 0.717) is 17.4 Å². The lowest BCUT2D eigenvalue weighted by Gasteiger charge is -2.29. The van der Waals surface area contributed by atoms with E-state index in [9.17, 15) is 0 Å². The monoisotopic (exact) mass is 261 g/mol. The van der Waals surface area contributed by atoms with Crippen molar-refractivity contribution in [1.82, 2.24) is 5.32 Å². The Kier molecular flexibility index (Phi) is 5.20. The van der Waals surface area contributed by atoms with Gasteiger partial charge in [0.1, 0.15) is 0 Å². The molecule has 2 unspecified atom stereocenters. The van der Waals surface area contributed by atoms with Crippen LogP contribution in [0.25, 0.3) is 0 Å². The fourth-order valence-corrected chi connectivity index (χ4v) is 2.22. The Morgan fingerprint density at radius 3 is 2.00 bits per heavy atom. The normalized spacial score (nSPS) is 15.4. The molecule has 108 valence electrons. The van der Waals surface area contributed by atoms with Crippen LogP contribution >= 0.6 is 0 Å². The van der Waals surface area contributed by atoms with Crippen LogP contribution in [-0.2, 0) is 0 Å². The zero-order valence-electron chi connectivity index (χ0n) is 14.0. The molecule has 0 saturated heterocycles. The van der Waals surface area contributed by atoms with Gasteiger partial charge in [0.15, 0.2) is 0 Å². The van der Waals surface area contributed by atoms with Crippen molar-refractivity contribution < 1.29 is 0 Å². The SMILES string of the molecule is Cc1cc(C)c(C(C)NCC(C)C(C)(C)C)cc1C. The number of benzene rings is 1. The van der Waals surface area contributed by atoms with Crippen molar-refractivity contribution in [1.29, 1.82) is 0 Å². The average molecular weight is 261 g/mol. The highest BCUT2D eigenvalue weighted by atomic mass is 14.9. The van der Waals surface area contributed by atoms with Gasteiger partial charge in [0.2, 0.25) is 0 Å². The first-order valence-corrected chi connectivity index (χ1v) is 7.44. The predicted molar refractivity (Wildman–Crippen MR) is 85.7 cm³/mol. The van der Waals surface area contributed by atoms with Gasteiger partial charge in [0.25, 0.3) is 0 Å². The summed E-state index contributed by atoms with van der Waals surface area (Å²) < 4.78 is 0. The highest BCUT2D eigenvalue weighted by molar-refractivity contribution is 5.38. The summed E-state index contributed by atoms with van der Waals surface area (Å²) in [6.45, 7) is 19.2. The van der Waals surface area contributed by atoms with E-state index in [-0.39, 0.29) is 0 Å². The molecular formula is C18H31N. The first kappa shape index (κ1) is 16.2. The highest BCUT2D eigenvalue weighted by Gasteiger charge is 2.20. The van der Waals surface area contributed by atoms with E-state index in [1.165, 1.54) is 22.3 Å². The Bertz CT molecular complexity index is 426. The van der Waals surface area contributed by atoms with Gasteiger partial charge < -0.3 is 5.32 Å². The highest BCUT2D eigenvalue weighted by Crippen LogP contribution is 2.26. The Balaban J connectivity index is 2.74. The summed E-state index contributed by atoms with van der Waals surface area (Å²) in [6, 6.07) is 5.06. The van der Waals surface area contributed by atoms with Crippen LogP contribution in [0, 0.1) is 32.1 Å². The van der Waals surface area contributed by atoms with Gasteiger partial charge in [-0.25, -0.2) is 0 Å². The van der Waals surface area contributed by atoms with Crippen LogP contribution < -0.4 is 5.32 Å². The topological polar surface area (TPSA) is 12.0 Å². The molecule has 0 amide bonds. The van der Waals surface area contributed by atoms with Gasteiger partial charge in [-0.05, 0) is 67.8 Å². The van der Waals surface area contributed by atoms with Gasteiger partial charge in [0, 0.05) is 6.04 Å². The molecule has 2 atom stereocenters. The van der Waals surface area contributed by atoms with Crippen LogP contribution in [0.1, 0.15) is 62.9 Å². The van der Waals surface area contributed by atoms with Gasteiger partial charge in [-0.2, -0.15) is 0 Å². The number of hydrogen-bond acceptors (Lipinski definition) is 1. The second-order valence-corrected chi connectivity index (χ2v) is 7.19. The Morgan fingerprint density at radius 1 is 0.947 bits per heavy atom. The molecule has 0 heterocycles. The Hall–Kier alpha value is -0.820. The maximum atomic E-state index is 3.69. The van der Waals surface area contributed by atoms with Crippen LogP contribution in [-0.4, -0.2) is 6.54 Å². The van der Waals surface area contributed by atoms with Crippen molar-refractivity contribution in [3.63, 3.8) is 0 Å². The fourth-order valence-electron chi connectivity index (χ4n) is 2.22. The molecule has 0 radical (unpaired) electrons. The van der Waals surface area contributed by atoms with Gasteiger partial charge in [0.05, 0.1) is 0 Å². The molecule has 1 aromatic carbocycles. The lowest BCUT2D eigenvalue weighted by Crippen LogP contribution is -2.31. The third-order valence-corrected chi connectivity index (χ3v) is 4.56. The first-order chi connectivity index (χ1) is 8.62. The summed E-state index contributed by atoms with van der Waals surface area (Å²) in [4.78, 5) is 0. The van der Waals surface area contributed by atoms with Gasteiger partial charge in [-0.3, -0.25) is 0 Å². The van der Waals surface area contributed by atoms with Gasteiger partial charge in [-0.15, -0.1) is 0 Å². The number of rotatable bonds is 4. The summed E-state index contributed by atoms with van der Waals surface area (Å²) in [5, 5.41) is 3.69. The fraction of sp³-hybridized carbons (Fsp3) is 0.667. The molecule has 0 saturated carbocycles. The Labute approximate surface area is 119 Å². The molecular weight excluding hydrogens is 230 g/mol. The summed E-state index contributed by atoms with van der Waals surface area (Å²) >= 11 is 0. The van der Waals surface area contributed by atoms with Crippen LogP contribution in [0.2, 0.25) is 0 Å². The van der Waals surface area contributed by atoms with Gasteiger partial charge in [-0.1, -0.05) is 39.8 Å². The molecule has 0 bridgehead atoms. The van der Waals surface area contributed by atoms with E-state index >= 15 is 0 Å². The molecule has 0 aliphatic heterocycles. The number of hydrogen-bond donors (Lipinski definition) is 1. The minimum absolute atomic E-state index is 0.366. The summed E-state index contributed by atoms with van der Waals surface area (Å²) in [6.07, 6.45) is 0. The molecule has 1 aromatic rings. The molecule has 19 heavy (non-hydrogen) atoms. The molecule has 1 nitrogen and oxygen atoms in total. The first-order valence-electron chi connectivity index (χ1n) is 7.44. The van der Waals surface area contributed by atoms with Crippen LogP contribution in [0.15, 0.2) is 12.1 Å². The van der Waals surface area contributed by atoms with Crippen LogP contribution in [0.3, 0.4) is 0 Å². The second kappa shape index (κ2) is 6.09. The zero-order valence-corrected chi connectivity index (χ0v) is 14.0. The molecule has 1 N–H and O–H groups in total. The van der Waals surface area contributed by atoms with Gasteiger partial charge >= 0.3 is 0 Å². The largest absolute Gasteiger partial charge is 0.310 e. The molecule has 1 heteroatoms. The average Bonchev–Trinajstić information content (AvgIpc) is 2.29. The van der Waals surface area contributed by atoms with E-state index in [2.05, 4.69) is 72.8 Å². The van der Waals surface area contributed by atoms with Crippen molar-refractivity contribution >= 4 is 0 Å². The molecule has 1 rings (SSSR count). The summed E-state index contributed by atoms with van der Waals surface area (Å²) in [5.74, 6) is 0.668. The van der Waals surface area contributed by atoms with Crippen molar-refractivity contribution in [2.75, 3.05) is 6.54 Å². The van der Waals surface area contributed by atoms with E-state index in [1.54, 1.807) is 0 Å². The second-order valence-electron chi connectivity index (χ2n) is 7.19. The zero-order chi connectivity index (χ0) is 14.8. The third kappa shape index (κ3) is 4.35. The molecule has 0 spiro atoms. The summed E-state index contributed by atoms with van der Waals surface area (Å²) in [5.41, 5.74) is 5.97.